The fourth-order valence-electron chi connectivity index (χ4n) is 8.97. The second-order valence-electron chi connectivity index (χ2n) is 19.8. The smallest absolute Gasteiger partial charge is 0.166 e. The van der Waals surface area contributed by atoms with Gasteiger partial charge in [-0.1, -0.05) is 159 Å². The maximum Gasteiger partial charge on any atom is 0.166 e. The molecule has 0 radical (unpaired) electrons. The van der Waals surface area contributed by atoms with Gasteiger partial charge < -0.3 is 9.13 Å². The molecule has 5 nitrogen and oxygen atoms in total. The molecule has 0 aliphatic rings. The van der Waals surface area contributed by atoms with Gasteiger partial charge in [-0.15, -0.1) is 0 Å². The Morgan fingerprint density at radius 1 is 0.355 bits per heavy atom. The highest BCUT2D eigenvalue weighted by molar-refractivity contribution is 6.18. The molecule has 0 saturated carbocycles. The first kappa shape index (κ1) is 39.3. The van der Waals surface area contributed by atoms with E-state index in [1.54, 1.807) is 0 Å². The van der Waals surface area contributed by atoms with E-state index >= 15 is 0 Å². The predicted octanol–water partition coefficient (Wildman–Crippen LogP) is 15.0. The Kier molecular flexibility index (Phi) is 9.11. The normalized spacial score (nSPS) is 12.6. The van der Waals surface area contributed by atoms with Crippen LogP contribution in [0.15, 0.2) is 158 Å². The minimum absolute atomic E-state index is 0.0229. The van der Waals surface area contributed by atoms with Crippen LogP contribution in [0.3, 0.4) is 0 Å². The third-order valence-electron chi connectivity index (χ3n) is 12.5. The standard InChI is InChI=1S/C57H53N5/c1-55(2,3)38-25-28-45-42(33-38)43-34-39(56(4,5)6)26-29-46(43)62(45)49-32-31-48-50(44-35-40(57(7,8)9)27-30-47(44)61(48)41-23-17-12-18-24-41)51(49)54-59-52(36-19-13-10-14-20-36)58-53(60-54)37-21-15-11-16-22-37/h10-35H,1-9H3. The molecule has 0 aliphatic carbocycles. The third kappa shape index (κ3) is 6.68. The number of hydrogen-bond acceptors (Lipinski definition) is 3. The van der Waals surface area contributed by atoms with Crippen LogP contribution < -0.4 is 0 Å². The summed E-state index contributed by atoms with van der Waals surface area (Å²) < 4.78 is 4.87. The van der Waals surface area contributed by atoms with Gasteiger partial charge in [-0.05, 0) is 93.6 Å². The monoisotopic (exact) mass is 807 g/mol. The van der Waals surface area contributed by atoms with Crippen molar-refractivity contribution < 1.29 is 0 Å². The zero-order chi connectivity index (χ0) is 43.1. The number of fused-ring (bicyclic) bond motifs is 6. The highest BCUT2D eigenvalue weighted by Crippen LogP contribution is 2.46. The Morgan fingerprint density at radius 3 is 1.19 bits per heavy atom. The van der Waals surface area contributed by atoms with Crippen molar-refractivity contribution in [3.63, 3.8) is 0 Å². The quantitative estimate of drug-likeness (QED) is 0.174. The summed E-state index contributed by atoms with van der Waals surface area (Å²) in [4.78, 5) is 16.1. The maximum atomic E-state index is 5.49. The van der Waals surface area contributed by atoms with Crippen LogP contribution in [0.25, 0.3) is 89.2 Å². The molecule has 7 aromatic carbocycles. The second kappa shape index (κ2) is 14.4. The summed E-state index contributed by atoms with van der Waals surface area (Å²) in [6.45, 7) is 20.6. The van der Waals surface area contributed by atoms with E-state index in [-0.39, 0.29) is 16.2 Å². The lowest BCUT2D eigenvalue weighted by molar-refractivity contribution is 0.590. The first-order chi connectivity index (χ1) is 29.6. The zero-order valence-corrected chi connectivity index (χ0v) is 37.2. The average molecular weight is 808 g/mol. The van der Waals surface area contributed by atoms with Crippen molar-refractivity contribution >= 4 is 43.6 Å². The van der Waals surface area contributed by atoms with E-state index in [0.29, 0.717) is 17.5 Å². The number of rotatable bonds is 5. The number of para-hydroxylation sites is 1. The SMILES string of the molecule is CC(C)(C)c1ccc2c(c1)c1cc(C(C)(C)C)ccc1n2-c1ccc2c(c1-c1nc(-c3ccccc3)nc(-c3ccccc3)n1)c1cc(C(C)(C)C)ccc1n2-c1ccccc1. The van der Waals surface area contributed by atoms with Gasteiger partial charge in [0.1, 0.15) is 0 Å². The van der Waals surface area contributed by atoms with Crippen LogP contribution in [0, 0.1) is 0 Å². The molecule has 0 fully saturated rings. The first-order valence-electron chi connectivity index (χ1n) is 21.8. The van der Waals surface area contributed by atoms with E-state index < -0.39 is 0 Å². The van der Waals surface area contributed by atoms with E-state index in [2.05, 4.69) is 193 Å². The van der Waals surface area contributed by atoms with Gasteiger partial charge in [-0.3, -0.25) is 0 Å². The molecule has 0 spiro atoms. The Labute approximate surface area is 364 Å². The van der Waals surface area contributed by atoms with Crippen molar-refractivity contribution in [1.82, 2.24) is 24.1 Å². The molecule has 0 bridgehead atoms. The fraction of sp³-hybridized carbons (Fsp3) is 0.211. The summed E-state index contributed by atoms with van der Waals surface area (Å²) >= 11 is 0. The lowest BCUT2D eigenvalue weighted by Gasteiger charge is -2.20. The Morgan fingerprint density at radius 2 is 0.742 bits per heavy atom. The van der Waals surface area contributed by atoms with E-state index in [4.69, 9.17) is 15.0 Å². The molecule has 306 valence electrons. The van der Waals surface area contributed by atoms with Crippen molar-refractivity contribution in [3.8, 4) is 45.5 Å². The Bertz CT molecular complexity index is 3190. The molecule has 0 aliphatic heterocycles. The molecular weight excluding hydrogens is 755 g/mol. The van der Waals surface area contributed by atoms with Gasteiger partial charge in [0, 0.05) is 38.4 Å². The van der Waals surface area contributed by atoms with Gasteiger partial charge >= 0.3 is 0 Å². The molecule has 10 rings (SSSR count). The van der Waals surface area contributed by atoms with E-state index in [1.807, 2.05) is 36.4 Å². The van der Waals surface area contributed by atoms with Gasteiger partial charge in [-0.25, -0.2) is 15.0 Å². The van der Waals surface area contributed by atoms with Crippen LogP contribution in [-0.4, -0.2) is 24.1 Å². The predicted molar refractivity (Wildman–Crippen MR) is 261 cm³/mol. The molecule has 0 N–H and O–H groups in total. The lowest BCUT2D eigenvalue weighted by atomic mass is 9.85. The summed E-state index contributed by atoms with van der Waals surface area (Å²) in [7, 11) is 0. The molecule has 62 heavy (non-hydrogen) atoms. The van der Waals surface area contributed by atoms with Crippen molar-refractivity contribution in [3.05, 3.63) is 174 Å². The zero-order valence-electron chi connectivity index (χ0n) is 37.2. The van der Waals surface area contributed by atoms with Gasteiger partial charge in [-0.2, -0.15) is 0 Å². The number of benzene rings is 7. The first-order valence-corrected chi connectivity index (χ1v) is 21.8. The number of aromatic nitrogens is 5. The summed E-state index contributed by atoms with van der Waals surface area (Å²) in [5.41, 5.74) is 13.2. The molecule has 5 heteroatoms. The maximum absolute atomic E-state index is 5.49. The lowest BCUT2D eigenvalue weighted by Crippen LogP contribution is -2.10. The largest absolute Gasteiger partial charge is 0.309 e. The minimum atomic E-state index is -0.0797. The van der Waals surface area contributed by atoms with E-state index in [9.17, 15) is 0 Å². The van der Waals surface area contributed by atoms with Crippen molar-refractivity contribution in [2.45, 2.75) is 78.6 Å². The summed E-state index contributed by atoms with van der Waals surface area (Å²) in [6, 6.07) is 57.0. The van der Waals surface area contributed by atoms with Crippen LogP contribution in [0.1, 0.15) is 79.0 Å². The molecule has 0 amide bonds. The van der Waals surface area contributed by atoms with Crippen LogP contribution in [-0.2, 0) is 16.2 Å². The minimum Gasteiger partial charge on any atom is -0.309 e. The van der Waals surface area contributed by atoms with Crippen molar-refractivity contribution in [2.24, 2.45) is 0 Å². The highest BCUT2D eigenvalue weighted by atomic mass is 15.1. The van der Waals surface area contributed by atoms with Crippen molar-refractivity contribution in [1.29, 1.82) is 0 Å². The summed E-state index contributed by atoms with van der Waals surface area (Å²) in [6.07, 6.45) is 0. The number of nitrogens with zero attached hydrogens (tertiary/aromatic N) is 5. The average Bonchev–Trinajstić information content (AvgIpc) is 3.77. The molecule has 0 atom stereocenters. The Balaban J connectivity index is 1.42. The topological polar surface area (TPSA) is 48.5 Å². The van der Waals surface area contributed by atoms with Gasteiger partial charge in [0.25, 0.3) is 0 Å². The van der Waals surface area contributed by atoms with E-state index in [1.165, 1.54) is 27.5 Å². The van der Waals surface area contributed by atoms with Crippen LogP contribution in [0.2, 0.25) is 0 Å². The summed E-state index contributed by atoms with van der Waals surface area (Å²) in [5, 5.41) is 4.72. The molecular formula is C57H53N5. The van der Waals surface area contributed by atoms with Gasteiger partial charge in [0.15, 0.2) is 17.5 Å². The summed E-state index contributed by atoms with van der Waals surface area (Å²) in [5.74, 6) is 1.89. The van der Waals surface area contributed by atoms with Crippen LogP contribution >= 0.6 is 0 Å². The van der Waals surface area contributed by atoms with E-state index in [0.717, 1.165) is 60.9 Å². The second-order valence-corrected chi connectivity index (χ2v) is 19.8. The third-order valence-corrected chi connectivity index (χ3v) is 12.5. The van der Waals surface area contributed by atoms with Crippen LogP contribution in [0.4, 0.5) is 0 Å². The Hall–Kier alpha value is -6.85. The molecule has 0 saturated heterocycles. The van der Waals surface area contributed by atoms with Crippen molar-refractivity contribution in [2.75, 3.05) is 0 Å². The molecule has 10 aromatic rings. The van der Waals surface area contributed by atoms with Gasteiger partial charge in [0.05, 0.1) is 33.3 Å². The fourth-order valence-corrected chi connectivity index (χ4v) is 8.97. The molecule has 0 unspecified atom stereocenters. The highest BCUT2D eigenvalue weighted by Gasteiger charge is 2.28. The molecule has 3 aromatic heterocycles. The molecule has 3 heterocycles. The van der Waals surface area contributed by atoms with Gasteiger partial charge in [0.2, 0.25) is 0 Å². The number of hydrogen-bond donors (Lipinski definition) is 0. The van der Waals surface area contributed by atoms with Crippen LogP contribution in [0.5, 0.6) is 0 Å².